The zero-order valence-electron chi connectivity index (χ0n) is 11.1. The van der Waals surface area contributed by atoms with Crippen molar-refractivity contribution in [2.45, 2.75) is 12.3 Å². The molecule has 0 spiro atoms. The number of carbonyl (C=O) groups excluding carboxylic acids is 1. The van der Waals surface area contributed by atoms with Crippen LogP contribution in [0.4, 0.5) is 0 Å². The number of carboxylic acid groups (broad SMARTS) is 1. The minimum absolute atomic E-state index is 0.101. The third-order valence-corrected chi connectivity index (χ3v) is 3.49. The van der Waals surface area contributed by atoms with E-state index in [1.165, 1.54) is 6.26 Å². The molecule has 0 bridgehead atoms. The van der Waals surface area contributed by atoms with Gasteiger partial charge in [-0.1, -0.05) is 18.2 Å². The van der Waals surface area contributed by atoms with E-state index in [0.29, 0.717) is 6.29 Å². The number of rotatable bonds is 5. The van der Waals surface area contributed by atoms with E-state index in [9.17, 15) is 9.59 Å². The van der Waals surface area contributed by atoms with Gasteiger partial charge < -0.3 is 19.3 Å². The third kappa shape index (κ3) is 2.33. The van der Waals surface area contributed by atoms with Crippen LogP contribution in [0.1, 0.15) is 18.1 Å². The molecule has 0 saturated carbocycles. The summed E-state index contributed by atoms with van der Waals surface area (Å²) in [5.74, 6) is -1.72. The molecule has 0 saturated heterocycles. The molecule has 0 fully saturated rings. The highest BCUT2D eigenvalue weighted by Crippen LogP contribution is 2.32. The first-order chi connectivity index (χ1) is 10.2. The van der Waals surface area contributed by atoms with Gasteiger partial charge in [-0.25, -0.2) is 0 Å². The van der Waals surface area contributed by atoms with Gasteiger partial charge in [-0.15, -0.1) is 0 Å². The molecule has 1 unspecified atom stereocenters. The van der Waals surface area contributed by atoms with Crippen molar-refractivity contribution in [3.63, 3.8) is 0 Å². The molecule has 5 nitrogen and oxygen atoms in total. The molecule has 2 aromatic heterocycles. The summed E-state index contributed by atoms with van der Waals surface area (Å²) in [6.07, 6.45) is 3.86. The van der Waals surface area contributed by atoms with Gasteiger partial charge in [-0.3, -0.25) is 4.79 Å². The number of benzene rings is 1. The number of fused-ring (bicyclic) bond motifs is 1. The molecule has 0 aliphatic carbocycles. The van der Waals surface area contributed by atoms with Crippen molar-refractivity contribution in [2.24, 2.45) is 0 Å². The highest BCUT2D eigenvalue weighted by Gasteiger charge is 2.23. The Bertz CT molecular complexity index is 799. The van der Waals surface area contributed by atoms with Gasteiger partial charge in [-0.05, 0) is 12.1 Å². The molecule has 1 atom stereocenters. The number of H-pyrrole nitrogens is 1. The number of carbonyl (C=O) groups is 2. The Morgan fingerprint density at radius 2 is 2.19 bits per heavy atom. The van der Waals surface area contributed by atoms with Gasteiger partial charge in [0.05, 0.1) is 6.26 Å². The molecule has 106 valence electrons. The quantitative estimate of drug-likeness (QED) is 0.704. The van der Waals surface area contributed by atoms with Crippen molar-refractivity contribution >= 4 is 23.2 Å². The first kappa shape index (κ1) is 13.2. The Balaban J connectivity index is 2.01. The fraction of sp³-hybridized carbons (Fsp3) is 0.125. The number of aldehydes is 1. The van der Waals surface area contributed by atoms with Crippen LogP contribution in [0.3, 0.4) is 0 Å². The van der Waals surface area contributed by atoms with Crippen molar-refractivity contribution in [3.8, 4) is 11.1 Å². The molecular formula is C16H13NO4. The number of carboxylic acids is 1. The molecule has 1 aromatic carbocycles. The van der Waals surface area contributed by atoms with E-state index in [4.69, 9.17) is 9.52 Å². The molecule has 3 aromatic rings. The maximum Gasteiger partial charge on any atom is 0.314 e. The van der Waals surface area contributed by atoms with Crippen LogP contribution < -0.4 is 0 Å². The summed E-state index contributed by atoms with van der Waals surface area (Å²) in [5.41, 5.74) is 2.73. The Morgan fingerprint density at radius 1 is 1.38 bits per heavy atom. The lowest BCUT2D eigenvalue weighted by atomic mass is 10.0. The number of para-hydroxylation sites is 1. The molecule has 3 rings (SSSR count). The van der Waals surface area contributed by atoms with Crippen molar-refractivity contribution in [3.05, 3.63) is 48.6 Å². The molecule has 0 amide bonds. The maximum atomic E-state index is 11.2. The topological polar surface area (TPSA) is 83.3 Å². The lowest BCUT2D eigenvalue weighted by Gasteiger charge is -2.03. The highest BCUT2D eigenvalue weighted by atomic mass is 16.4. The molecule has 5 heteroatoms. The average molecular weight is 283 g/mol. The minimum Gasteiger partial charge on any atom is -0.481 e. The second kappa shape index (κ2) is 5.28. The molecule has 2 heterocycles. The molecule has 0 radical (unpaired) electrons. The summed E-state index contributed by atoms with van der Waals surface area (Å²) < 4.78 is 5.36. The van der Waals surface area contributed by atoms with Crippen LogP contribution in [-0.2, 0) is 9.59 Å². The van der Waals surface area contributed by atoms with E-state index in [0.717, 1.165) is 22.0 Å². The third-order valence-electron chi connectivity index (χ3n) is 3.49. The molecule has 2 N–H and O–H groups in total. The number of aromatic amines is 1. The molecule has 0 aliphatic heterocycles. The smallest absolute Gasteiger partial charge is 0.314 e. The summed E-state index contributed by atoms with van der Waals surface area (Å²) in [5, 5.41) is 10.2. The van der Waals surface area contributed by atoms with Crippen LogP contribution in [0, 0.1) is 0 Å². The molecule has 0 aliphatic rings. The van der Waals surface area contributed by atoms with Gasteiger partial charge in [-0.2, -0.15) is 0 Å². The van der Waals surface area contributed by atoms with Crippen LogP contribution >= 0.6 is 0 Å². The van der Waals surface area contributed by atoms with E-state index < -0.39 is 11.9 Å². The summed E-state index contributed by atoms with van der Waals surface area (Å²) in [4.78, 5) is 24.9. The lowest BCUT2D eigenvalue weighted by molar-refractivity contribution is -0.140. The Hall–Kier alpha value is -2.82. The van der Waals surface area contributed by atoms with E-state index in [1.54, 1.807) is 6.07 Å². The highest BCUT2D eigenvalue weighted by molar-refractivity contribution is 5.95. The first-order valence-electron chi connectivity index (χ1n) is 6.52. The van der Waals surface area contributed by atoms with E-state index >= 15 is 0 Å². The van der Waals surface area contributed by atoms with Gasteiger partial charge in [0.1, 0.15) is 18.0 Å². The number of hydrogen-bond acceptors (Lipinski definition) is 3. The van der Waals surface area contributed by atoms with Gasteiger partial charge >= 0.3 is 5.97 Å². The van der Waals surface area contributed by atoms with Crippen LogP contribution in [0.25, 0.3) is 22.0 Å². The Kier molecular flexibility index (Phi) is 3.31. The fourth-order valence-electron chi connectivity index (χ4n) is 2.42. The molecular weight excluding hydrogens is 270 g/mol. The van der Waals surface area contributed by atoms with Crippen LogP contribution in [0.15, 0.2) is 47.2 Å². The number of aromatic nitrogens is 1. The summed E-state index contributed by atoms with van der Waals surface area (Å²) in [7, 11) is 0. The second-order valence-electron chi connectivity index (χ2n) is 4.78. The largest absolute Gasteiger partial charge is 0.481 e. The maximum absolute atomic E-state index is 11.2. The van der Waals surface area contributed by atoms with Gasteiger partial charge in [0.25, 0.3) is 0 Å². The lowest BCUT2D eigenvalue weighted by Crippen LogP contribution is -2.11. The summed E-state index contributed by atoms with van der Waals surface area (Å²) in [6, 6.07) is 9.50. The van der Waals surface area contributed by atoms with E-state index in [2.05, 4.69) is 4.98 Å². The van der Waals surface area contributed by atoms with Crippen molar-refractivity contribution < 1.29 is 19.1 Å². The zero-order chi connectivity index (χ0) is 14.8. The Morgan fingerprint density at radius 3 is 2.95 bits per heavy atom. The summed E-state index contributed by atoms with van der Waals surface area (Å²) in [6.45, 7) is 0. The zero-order valence-corrected chi connectivity index (χ0v) is 11.1. The summed E-state index contributed by atoms with van der Waals surface area (Å²) >= 11 is 0. The van der Waals surface area contributed by atoms with Gasteiger partial charge in [0, 0.05) is 34.6 Å². The van der Waals surface area contributed by atoms with E-state index in [-0.39, 0.29) is 12.2 Å². The van der Waals surface area contributed by atoms with Crippen molar-refractivity contribution in [2.75, 3.05) is 0 Å². The van der Waals surface area contributed by atoms with Crippen molar-refractivity contribution in [1.82, 2.24) is 4.98 Å². The average Bonchev–Trinajstić information content (AvgIpc) is 3.10. The minimum atomic E-state index is -1.07. The van der Waals surface area contributed by atoms with Crippen LogP contribution in [0.5, 0.6) is 0 Å². The number of nitrogens with one attached hydrogen (secondary N) is 1. The predicted octanol–water partition coefficient (Wildman–Crippen LogP) is 3.19. The number of aliphatic carboxylic acids is 1. The van der Waals surface area contributed by atoms with Crippen LogP contribution in [-0.4, -0.2) is 22.3 Å². The van der Waals surface area contributed by atoms with E-state index in [1.807, 2.05) is 30.5 Å². The SMILES string of the molecule is O=CCC(C(=O)O)c1cc(-c2c[nH]c3ccccc23)co1. The van der Waals surface area contributed by atoms with Gasteiger partial charge in [0.2, 0.25) is 0 Å². The fourth-order valence-corrected chi connectivity index (χ4v) is 2.42. The second-order valence-corrected chi connectivity index (χ2v) is 4.78. The Labute approximate surface area is 120 Å². The normalized spacial score (nSPS) is 12.4. The van der Waals surface area contributed by atoms with Crippen LogP contribution in [0.2, 0.25) is 0 Å². The number of hydrogen-bond donors (Lipinski definition) is 2. The monoisotopic (exact) mass is 283 g/mol. The predicted molar refractivity (Wildman–Crippen MR) is 77.1 cm³/mol. The van der Waals surface area contributed by atoms with Gasteiger partial charge in [0.15, 0.2) is 0 Å². The standard InChI is InChI=1S/C16H13NO4/c18-6-5-12(16(19)20)15-7-10(9-21-15)13-8-17-14-4-2-1-3-11(13)14/h1-4,6-9,12,17H,5H2,(H,19,20). The molecule has 21 heavy (non-hydrogen) atoms. The van der Waals surface area contributed by atoms with Crippen molar-refractivity contribution in [1.29, 1.82) is 0 Å². The number of furan rings is 1. The first-order valence-corrected chi connectivity index (χ1v) is 6.52.